The predicted molar refractivity (Wildman–Crippen MR) is 84.2 cm³/mol. The zero-order valence-electron chi connectivity index (χ0n) is 12.3. The van der Waals surface area contributed by atoms with Crippen LogP contribution in [-0.2, 0) is 0 Å². The average Bonchev–Trinajstić information content (AvgIpc) is 3.36. The third-order valence-corrected chi connectivity index (χ3v) is 5.14. The monoisotopic (exact) mass is 329 g/mol. The van der Waals surface area contributed by atoms with Crippen molar-refractivity contribution in [2.24, 2.45) is 0 Å². The first kappa shape index (κ1) is 14.2. The van der Waals surface area contributed by atoms with Crippen molar-refractivity contribution in [3.8, 4) is 10.8 Å². The number of rotatable bonds is 3. The molecule has 0 bridgehead atoms. The molecule has 1 aliphatic heterocycles. The summed E-state index contributed by atoms with van der Waals surface area (Å²) in [6, 6.07) is 7.16. The van der Waals surface area contributed by atoms with E-state index in [2.05, 4.69) is 10.2 Å². The molecule has 0 saturated carbocycles. The van der Waals surface area contributed by atoms with E-state index >= 15 is 0 Å². The highest BCUT2D eigenvalue weighted by atomic mass is 32.1. The first-order valence-corrected chi connectivity index (χ1v) is 8.33. The Bertz CT molecular complexity index is 771. The van der Waals surface area contributed by atoms with E-state index < -0.39 is 0 Å². The van der Waals surface area contributed by atoms with E-state index in [0.29, 0.717) is 24.8 Å². The van der Waals surface area contributed by atoms with Crippen LogP contribution >= 0.6 is 11.3 Å². The molecule has 0 radical (unpaired) electrons. The molecule has 1 fully saturated rings. The molecule has 7 heteroatoms. The van der Waals surface area contributed by atoms with E-state index in [4.69, 9.17) is 8.83 Å². The second-order valence-electron chi connectivity index (χ2n) is 5.47. The van der Waals surface area contributed by atoms with Gasteiger partial charge in [0.05, 0.1) is 12.5 Å². The van der Waals surface area contributed by atoms with E-state index in [1.807, 2.05) is 17.0 Å². The van der Waals surface area contributed by atoms with Crippen LogP contribution in [0, 0.1) is 0 Å². The highest BCUT2D eigenvalue weighted by Crippen LogP contribution is 2.33. The van der Waals surface area contributed by atoms with Gasteiger partial charge in [-0.25, -0.2) is 0 Å². The van der Waals surface area contributed by atoms with Crippen molar-refractivity contribution in [3.63, 3.8) is 0 Å². The molecule has 118 valence electrons. The van der Waals surface area contributed by atoms with Gasteiger partial charge in [0.15, 0.2) is 16.5 Å². The van der Waals surface area contributed by atoms with Crippen molar-refractivity contribution in [2.45, 2.75) is 18.8 Å². The van der Waals surface area contributed by atoms with Crippen molar-refractivity contribution >= 4 is 17.2 Å². The first-order chi connectivity index (χ1) is 11.3. The van der Waals surface area contributed by atoms with E-state index in [1.165, 1.54) is 6.26 Å². The first-order valence-electron chi connectivity index (χ1n) is 7.51. The molecule has 1 aliphatic rings. The Morgan fingerprint density at radius 3 is 2.61 bits per heavy atom. The smallest absolute Gasteiger partial charge is 0.289 e. The summed E-state index contributed by atoms with van der Waals surface area (Å²) in [7, 11) is 0. The van der Waals surface area contributed by atoms with Crippen LogP contribution in [0.25, 0.3) is 10.8 Å². The lowest BCUT2D eigenvalue weighted by Gasteiger charge is -2.30. The minimum absolute atomic E-state index is 0.0398. The second kappa shape index (κ2) is 6.00. The largest absolute Gasteiger partial charge is 0.462 e. The molecule has 3 aromatic heterocycles. The fourth-order valence-corrected chi connectivity index (χ4v) is 3.77. The molecule has 4 heterocycles. The maximum absolute atomic E-state index is 12.3. The van der Waals surface area contributed by atoms with Gasteiger partial charge in [0.25, 0.3) is 5.91 Å². The molecule has 23 heavy (non-hydrogen) atoms. The van der Waals surface area contributed by atoms with Crippen LogP contribution in [0.2, 0.25) is 0 Å². The molecule has 0 unspecified atom stereocenters. The third kappa shape index (κ3) is 2.79. The molecule has 1 amide bonds. The summed E-state index contributed by atoms with van der Waals surface area (Å²) in [5.41, 5.74) is 0. The van der Waals surface area contributed by atoms with Crippen LogP contribution in [0.5, 0.6) is 0 Å². The number of nitrogens with zero attached hydrogens (tertiary/aromatic N) is 3. The quantitative estimate of drug-likeness (QED) is 0.736. The summed E-state index contributed by atoms with van der Waals surface area (Å²) < 4.78 is 10.5. The minimum atomic E-state index is -0.0398. The van der Waals surface area contributed by atoms with E-state index in [9.17, 15) is 4.79 Å². The summed E-state index contributed by atoms with van der Waals surface area (Å²) in [5.74, 6) is 1.46. The van der Waals surface area contributed by atoms with Crippen LogP contribution in [-0.4, -0.2) is 34.1 Å². The summed E-state index contributed by atoms with van der Waals surface area (Å²) >= 11 is 1.57. The van der Waals surface area contributed by atoms with E-state index in [1.54, 1.807) is 29.7 Å². The Labute approximate surface area is 136 Å². The van der Waals surface area contributed by atoms with Crippen LogP contribution in [0.15, 0.2) is 45.6 Å². The summed E-state index contributed by atoms with van der Waals surface area (Å²) in [5, 5.41) is 10.3. The molecule has 0 spiro atoms. The van der Waals surface area contributed by atoms with Gasteiger partial charge in [-0.05, 0) is 37.1 Å². The molecule has 1 saturated heterocycles. The molecule has 6 nitrogen and oxygen atoms in total. The lowest BCUT2D eigenvalue weighted by Crippen LogP contribution is -2.37. The molecule has 0 aromatic carbocycles. The number of carbonyl (C=O) groups excluding carboxylic acids is 1. The van der Waals surface area contributed by atoms with Gasteiger partial charge >= 0.3 is 0 Å². The van der Waals surface area contributed by atoms with Crippen molar-refractivity contribution < 1.29 is 13.6 Å². The van der Waals surface area contributed by atoms with Crippen molar-refractivity contribution in [3.05, 3.63) is 47.6 Å². The molecule has 0 aliphatic carbocycles. The number of furan rings is 2. The van der Waals surface area contributed by atoms with Crippen LogP contribution < -0.4 is 0 Å². The molecule has 4 rings (SSSR count). The van der Waals surface area contributed by atoms with Gasteiger partial charge in [0, 0.05) is 19.0 Å². The minimum Gasteiger partial charge on any atom is -0.462 e. The number of likely N-dealkylation sites (tertiary alicyclic amines) is 1. The number of hydrogen-bond acceptors (Lipinski definition) is 6. The second-order valence-corrected chi connectivity index (χ2v) is 6.48. The Morgan fingerprint density at radius 2 is 1.91 bits per heavy atom. The van der Waals surface area contributed by atoms with Gasteiger partial charge in [-0.15, -0.1) is 10.2 Å². The number of aromatic nitrogens is 2. The Kier molecular flexibility index (Phi) is 3.70. The number of hydrogen-bond donors (Lipinski definition) is 0. The Morgan fingerprint density at radius 1 is 1.13 bits per heavy atom. The lowest BCUT2D eigenvalue weighted by atomic mass is 9.97. The van der Waals surface area contributed by atoms with E-state index in [0.717, 1.165) is 28.6 Å². The lowest BCUT2D eigenvalue weighted by molar-refractivity contribution is 0.0680. The molecular formula is C16H15N3O3S. The zero-order valence-corrected chi connectivity index (χ0v) is 13.2. The normalized spacial score (nSPS) is 15.9. The predicted octanol–water partition coefficient (Wildman–Crippen LogP) is 3.41. The molecule has 0 atom stereocenters. The maximum Gasteiger partial charge on any atom is 0.289 e. The highest BCUT2D eigenvalue weighted by Gasteiger charge is 2.28. The van der Waals surface area contributed by atoms with E-state index in [-0.39, 0.29) is 5.91 Å². The topological polar surface area (TPSA) is 72.4 Å². The van der Waals surface area contributed by atoms with Crippen LogP contribution in [0.1, 0.15) is 34.3 Å². The summed E-state index contributed by atoms with van der Waals surface area (Å²) in [4.78, 5) is 14.1. The Hall–Kier alpha value is -2.41. The number of amides is 1. The summed E-state index contributed by atoms with van der Waals surface area (Å²) in [6.07, 6.45) is 4.94. The highest BCUT2D eigenvalue weighted by molar-refractivity contribution is 7.14. The maximum atomic E-state index is 12.3. The third-order valence-electron chi connectivity index (χ3n) is 4.04. The van der Waals surface area contributed by atoms with Crippen LogP contribution in [0.4, 0.5) is 0 Å². The fraction of sp³-hybridized carbons (Fsp3) is 0.312. The van der Waals surface area contributed by atoms with Gasteiger partial charge in [0.2, 0.25) is 0 Å². The molecule has 0 N–H and O–H groups in total. The SMILES string of the molecule is O=C(c1ccco1)N1CCC(c2nnc(-c3ccco3)s2)CC1. The standard InChI is InChI=1S/C16H15N3O3S/c20-16(13-4-2-10-22-13)19-7-5-11(6-8-19)14-17-18-15(23-14)12-3-1-9-21-12/h1-4,9-11H,5-8H2. The van der Waals surface area contributed by atoms with Gasteiger partial charge in [0.1, 0.15) is 5.01 Å². The Balaban J connectivity index is 1.41. The van der Waals surface area contributed by atoms with Gasteiger partial charge < -0.3 is 13.7 Å². The number of piperidine rings is 1. The van der Waals surface area contributed by atoms with Crippen molar-refractivity contribution in [1.82, 2.24) is 15.1 Å². The molecular weight excluding hydrogens is 314 g/mol. The van der Waals surface area contributed by atoms with Gasteiger partial charge in [-0.1, -0.05) is 11.3 Å². The fourth-order valence-electron chi connectivity index (χ4n) is 2.78. The van der Waals surface area contributed by atoms with Gasteiger partial charge in [-0.3, -0.25) is 4.79 Å². The van der Waals surface area contributed by atoms with Crippen molar-refractivity contribution in [2.75, 3.05) is 13.1 Å². The summed E-state index contributed by atoms with van der Waals surface area (Å²) in [6.45, 7) is 1.42. The zero-order chi connectivity index (χ0) is 15.6. The van der Waals surface area contributed by atoms with Crippen molar-refractivity contribution in [1.29, 1.82) is 0 Å². The van der Waals surface area contributed by atoms with Crippen LogP contribution in [0.3, 0.4) is 0 Å². The average molecular weight is 329 g/mol. The van der Waals surface area contributed by atoms with Gasteiger partial charge in [-0.2, -0.15) is 0 Å². The molecule has 3 aromatic rings. The number of carbonyl (C=O) groups is 1.